The van der Waals surface area contributed by atoms with E-state index in [1.807, 2.05) is 0 Å². The number of hydrogen-bond acceptors (Lipinski definition) is 5. The third-order valence-electron chi connectivity index (χ3n) is 3.68. The Hall–Kier alpha value is -2.39. The van der Waals surface area contributed by atoms with E-state index in [-0.39, 0.29) is 11.5 Å². The van der Waals surface area contributed by atoms with E-state index < -0.39 is 29.7 Å². The van der Waals surface area contributed by atoms with Gasteiger partial charge < -0.3 is 25.0 Å². The van der Waals surface area contributed by atoms with Gasteiger partial charge in [0.05, 0.1) is 12.0 Å². The first-order chi connectivity index (χ1) is 13.2. The van der Waals surface area contributed by atoms with Gasteiger partial charge in [0.2, 0.25) is 0 Å². The van der Waals surface area contributed by atoms with Crippen molar-refractivity contribution in [3.05, 3.63) is 62.6 Å². The van der Waals surface area contributed by atoms with E-state index in [4.69, 9.17) is 4.42 Å². The summed E-state index contributed by atoms with van der Waals surface area (Å²) < 4.78 is 6.39. The first kappa shape index (κ1) is 21.9. The minimum absolute atomic E-state index is 0.0123. The number of hydrogen-bond donors (Lipinski definition) is 2. The number of aliphatic carboxylic acids is 1. The van der Waals surface area contributed by atoms with E-state index in [1.165, 1.54) is 18.2 Å². The molecular formula is C19H17Br2N2O5-. The van der Waals surface area contributed by atoms with Crippen molar-refractivity contribution in [1.82, 2.24) is 10.6 Å². The van der Waals surface area contributed by atoms with Crippen molar-refractivity contribution in [1.29, 1.82) is 0 Å². The lowest BCUT2D eigenvalue weighted by Gasteiger charge is -2.24. The third-order valence-corrected chi connectivity index (χ3v) is 4.63. The fraction of sp³-hybridized carbons (Fsp3) is 0.211. The van der Waals surface area contributed by atoms with Gasteiger partial charge in [-0.05, 0) is 57.8 Å². The van der Waals surface area contributed by atoms with Crippen molar-refractivity contribution >= 4 is 55.7 Å². The highest BCUT2D eigenvalue weighted by Gasteiger charge is 2.22. The first-order valence-corrected chi connectivity index (χ1v) is 9.81. The van der Waals surface area contributed by atoms with Crippen molar-refractivity contribution < 1.29 is 23.9 Å². The Bertz CT molecular complexity index is 903. The molecule has 0 spiro atoms. The Labute approximate surface area is 178 Å². The maximum absolute atomic E-state index is 12.7. The third kappa shape index (κ3) is 6.07. The summed E-state index contributed by atoms with van der Waals surface area (Å²) in [5, 5.41) is 16.1. The van der Waals surface area contributed by atoms with Crippen LogP contribution in [0.15, 0.2) is 55.7 Å². The van der Waals surface area contributed by atoms with Crippen molar-refractivity contribution in [2.45, 2.75) is 19.9 Å². The maximum Gasteiger partial charge on any atom is 0.291 e. The van der Waals surface area contributed by atoms with Crippen molar-refractivity contribution in [2.24, 2.45) is 5.92 Å². The molecule has 1 atom stereocenters. The number of halogens is 2. The molecule has 0 aliphatic rings. The number of carbonyl (C=O) groups is 3. The summed E-state index contributed by atoms with van der Waals surface area (Å²) in [6, 6.07) is 8.76. The van der Waals surface area contributed by atoms with Crippen molar-refractivity contribution in [3.8, 4) is 0 Å². The standard InChI is InChI=1S/C19H18Br2N2O5/c1-10(2)16(19(26)27)23-17(24)13(9-11-3-5-12(20)6-4-11)22-18(25)14-7-8-15(21)28-14/h3-10,16H,1-2H3,(H,22,25)(H,23,24)(H,26,27)/p-1/b13-9-/t16-/m0/s1. The average Bonchev–Trinajstić information content (AvgIpc) is 3.06. The molecule has 148 valence electrons. The molecule has 0 fully saturated rings. The highest BCUT2D eigenvalue weighted by molar-refractivity contribution is 9.10. The van der Waals surface area contributed by atoms with Crippen LogP contribution in [0.4, 0.5) is 0 Å². The molecule has 9 heteroatoms. The molecule has 0 aliphatic carbocycles. The van der Waals surface area contributed by atoms with Gasteiger partial charge in [0.1, 0.15) is 5.70 Å². The predicted molar refractivity (Wildman–Crippen MR) is 108 cm³/mol. The monoisotopic (exact) mass is 511 g/mol. The molecule has 1 aromatic carbocycles. The number of carboxylic acids is 1. The number of carboxylic acid groups (broad SMARTS) is 1. The molecule has 0 radical (unpaired) electrons. The zero-order valence-corrected chi connectivity index (χ0v) is 18.2. The first-order valence-electron chi connectivity index (χ1n) is 8.23. The second-order valence-electron chi connectivity index (χ2n) is 6.18. The molecule has 2 rings (SSSR count). The molecule has 28 heavy (non-hydrogen) atoms. The summed E-state index contributed by atoms with van der Waals surface area (Å²) in [6.45, 7) is 3.27. The van der Waals surface area contributed by atoms with Gasteiger partial charge in [-0.25, -0.2) is 0 Å². The zero-order valence-electron chi connectivity index (χ0n) is 15.0. The van der Waals surface area contributed by atoms with E-state index in [0.717, 1.165) is 4.47 Å². The van der Waals surface area contributed by atoms with Gasteiger partial charge in [-0.2, -0.15) is 0 Å². The normalized spacial score (nSPS) is 12.5. The minimum atomic E-state index is -1.41. The molecule has 2 aromatic rings. The lowest BCUT2D eigenvalue weighted by molar-refractivity contribution is -0.309. The van der Waals surface area contributed by atoms with Gasteiger partial charge in [0.25, 0.3) is 11.8 Å². The lowest BCUT2D eigenvalue weighted by Crippen LogP contribution is -2.52. The van der Waals surface area contributed by atoms with Crippen LogP contribution in [0.25, 0.3) is 6.08 Å². The van der Waals surface area contributed by atoms with E-state index in [1.54, 1.807) is 38.1 Å². The Balaban J connectivity index is 2.31. The maximum atomic E-state index is 12.7. The van der Waals surface area contributed by atoms with E-state index in [0.29, 0.717) is 10.2 Å². The van der Waals surface area contributed by atoms with Crippen LogP contribution in [0.3, 0.4) is 0 Å². The fourth-order valence-corrected chi connectivity index (χ4v) is 2.79. The van der Waals surface area contributed by atoms with Gasteiger partial charge in [0, 0.05) is 4.47 Å². The summed E-state index contributed by atoms with van der Waals surface area (Å²) >= 11 is 6.42. The topological polar surface area (TPSA) is 111 Å². The Morgan fingerprint density at radius 1 is 1.07 bits per heavy atom. The highest BCUT2D eigenvalue weighted by Crippen LogP contribution is 2.16. The summed E-state index contributed by atoms with van der Waals surface area (Å²) in [5.74, 6) is -3.24. The molecule has 7 nitrogen and oxygen atoms in total. The zero-order chi connectivity index (χ0) is 20.8. The summed E-state index contributed by atoms with van der Waals surface area (Å²) in [5.41, 5.74) is 0.496. The molecule has 2 N–H and O–H groups in total. The smallest absolute Gasteiger partial charge is 0.291 e. The van der Waals surface area contributed by atoms with Crippen LogP contribution in [-0.4, -0.2) is 23.8 Å². The molecule has 0 bridgehead atoms. The van der Waals surface area contributed by atoms with Crippen LogP contribution in [0.5, 0.6) is 0 Å². The number of nitrogens with one attached hydrogen (secondary N) is 2. The molecular weight excluding hydrogens is 496 g/mol. The van der Waals surface area contributed by atoms with Crippen LogP contribution in [0, 0.1) is 5.92 Å². The summed E-state index contributed by atoms with van der Waals surface area (Å²) in [4.78, 5) is 36.3. The van der Waals surface area contributed by atoms with Crippen LogP contribution in [-0.2, 0) is 9.59 Å². The summed E-state index contributed by atoms with van der Waals surface area (Å²) in [7, 11) is 0. The second-order valence-corrected chi connectivity index (χ2v) is 7.88. The summed E-state index contributed by atoms with van der Waals surface area (Å²) in [6.07, 6.45) is 1.43. The van der Waals surface area contributed by atoms with Crippen LogP contribution < -0.4 is 15.7 Å². The van der Waals surface area contributed by atoms with Crippen LogP contribution >= 0.6 is 31.9 Å². The molecule has 0 unspecified atom stereocenters. The van der Waals surface area contributed by atoms with E-state index >= 15 is 0 Å². The number of furan rings is 1. The van der Waals surface area contributed by atoms with Gasteiger partial charge in [-0.1, -0.05) is 41.9 Å². The van der Waals surface area contributed by atoms with Gasteiger partial charge in [-0.3, -0.25) is 9.59 Å². The largest absolute Gasteiger partial charge is 0.548 e. The van der Waals surface area contributed by atoms with Crippen LogP contribution in [0.2, 0.25) is 0 Å². The van der Waals surface area contributed by atoms with Crippen LogP contribution in [0.1, 0.15) is 30.0 Å². The SMILES string of the molecule is CC(C)[C@H](NC(=O)/C(=C/c1ccc(Br)cc1)NC(=O)c1ccc(Br)o1)C(=O)[O-]. The second kappa shape index (κ2) is 9.70. The molecule has 2 amide bonds. The van der Waals surface area contributed by atoms with E-state index in [9.17, 15) is 19.5 Å². The number of amides is 2. The van der Waals surface area contributed by atoms with Gasteiger partial charge in [-0.15, -0.1) is 0 Å². The predicted octanol–water partition coefficient (Wildman–Crippen LogP) is 2.47. The average molecular weight is 513 g/mol. The Morgan fingerprint density at radius 3 is 2.21 bits per heavy atom. The number of benzene rings is 1. The van der Waals surface area contributed by atoms with Gasteiger partial charge in [0.15, 0.2) is 10.4 Å². The molecule has 1 heterocycles. The Kier molecular flexibility index (Phi) is 7.59. The quantitative estimate of drug-likeness (QED) is 0.553. The number of carbonyl (C=O) groups excluding carboxylic acids is 3. The molecule has 0 saturated carbocycles. The van der Waals surface area contributed by atoms with Crippen molar-refractivity contribution in [3.63, 3.8) is 0 Å². The van der Waals surface area contributed by atoms with Crippen molar-refractivity contribution in [2.75, 3.05) is 0 Å². The Morgan fingerprint density at radius 2 is 1.71 bits per heavy atom. The molecule has 0 aliphatic heterocycles. The molecule has 1 aromatic heterocycles. The number of rotatable bonds is 7. The minimum Gasteiger partial charge on any atom is -0.548 e. The highest BCUT2D eigenvalue weighted by atomic mass is 79.9. The molecule has 0 saturated heterocycles. The lowest BCUT2D eigenvalue weighted by atomic mass is 10.0. The fourth-order valence-electron chi connectivity index (χ4n) is 2.22. The van der Waals surface area contributed by atoms with E-state index in [2.05, 4.69) is 42.5 Å². The van der Waals surface area contributed by atoms with Gasteiger partial charge >= 0.3 is 0 Å².